The van der Waals surface area contributed by atoms with Crippen molar-refractivity contribution in [1.82, 2.24) is 5.32 Å². The molecule has 17 heavy (non-hydrogen) atoms. The van der Waals surface area contributed by atoms with Gasteiger partial charge in [0.05, 0.1) is 6.54 Å². The van der Waals surface area contributed by atoms with Crippen molar-refractivity contribution in [1.29, 1.82) is 0 Å². The number of rotatable bonds is 5. The Balaban J connectivity index is 2.27. The van der Waals surface area contributed by atoms with Gasteiger partial charge in [-0.1, -0.05) is 0 Å². The van der Waals surface area contributed by atoms with Crippen LogP contribution in [0.3, 0.4) is 0 Å². The molecule has 98 valence electrons. The number of hydrogen-bond acceptors (Lipinski definition) is 4. The Labute approximate surface area is 100 Å². The lowest BCUT2D eigenvalue weighted by Gasteiger charge is -2.26. The second-order valence-electron chi connectivity index (χ2n) is 4.55. The first-order chi connectivity index (χ1) is 8.04. The van der Waals surface area contributed by atoms with Gasteiger partial charge < -0.3 is 21.3 Å². The fourth-order valence-electron chi connectivity index (χ4n) is 2.09. The van der Waals surface area contributed by atoms with Gasteiger partial charge in [0.15, 0.2) is 6.10 Å². The molecule has 1 fully saturated rings. The smallest absolute Gasteiger partial charge is 0.334 e. The van der Waals surface area contributed by atoms with Gasteiger partial charge in [-0.25, -0.2) is 4.79 Å². The number of aliphatic hydroxyl groups excluding tert-OH is 1. The summed E-state index contributed by atoms with van der Waals surface area (Å²) >= 11 is 0. The monoisotopic (exact) mass is 244 g/mol. The predicted octanol–water partition coefficient (Wildman–Crippen LogP) is -0.687. The zero-order valence-electron chi connectivity index (χ0n) is 9.76. The van der Waals surface area contributed by atoms with E-state index < -0.39 is 12.1 Å². The lowest BCUT2D eigenvalue weighted by atomic mass is 9.81. The van der Waals surface area contributed by atoms with Gasteiger partial charge in [0, 0.05) is 5.92 Å². The molecule has 0 unspecified atom stereocenters. The van der Waals surface area contributed by atoms with Crippen LogP contribution in [-0.2, 0) is 9.59 Å². The molecule has 0 aromatic rings. The van der Waals surface area contributed by atoms with Crippen LogP contribution in [-0.4, -0.2) is 41.3 Å². The minimum atomic E-state index is -1.53. The first-order valence-electron chi connectivity index (χ1n) is 5.93. The molecule has 1 atom stereocenters. The highest BCUT2D eigenvalue weighted by Crippen LogP contribution is 2.27. The number of amides is 1. The molecule has 5 N–H and O–H groups in total. The molecule has 1 amide bonds. The third-order valence-corrected chi connectivity index (χ3v) is 3.31. The van der Waals surface area contributed by atoms with Gasteiger partial charge in [0.2, 0.25) is 5.91 Å². The first kappa shape index (κ1) is 13.9. The molecule has 1 aliphatic carbocycles. The zero-order chi connectivity index (χ0) is 12.8. The van der Waals surface area contributed by atoms with E-state index in [0.29, 0.717) is 12.5 Å². The summed E-state index contributed by atoms with van der Waals surface area (Å²) in [5.41, 5.74) is 5.56. The molecule has 1 rings (SSSR count). The summed E-state index contributed by atoms with van der Waals surface area (Å²) in [6, 6.07) is 0. The van der Waals surface area contributed by atoms with Crippen molar-refractivity contribution in [3.8, 4) is 0 Å². The molecule has 0 aromatic carbocycles. The van der Waals surface area contributed by atoms with Crippen molar-refractivity contribution in [2.24, 2.45) is 17.6 Å². The fourth-order valence-corrected chi connectivity index (χ4v) is 2.09. The predicted molar refractivity (Wildman–Crippen MR) is 61.2 cm³/mol. The van der Waals surface area contributed by atoms with Gasteiger partial charge in [-0.05, 0) is 38.1 Å². The maximum atomic E-state index is 11.7. The van der Waals surface area contributed by atoms with Crippen LogP contribution in [0, 0.1) is 11.8 Å². The van der Waals surface area contributed by atoms with Crippen molar-refractivity contribution in [3.05, 3.63) is 0 Å². The lowest BCUT2D eigenvalue weighted by molar-refractivity contribution is -0.146. The van der Waals surface area contributed by atoms with Crippen LogP contribution in [0.4, 0.5) is 0 Å². The highest BCUT2D eigenvalue weighted by molar-refractivity contribution is 5.80. The Morgan fingerprint density at radius 1 is 1.29 bits per heavy atom. The Bertz CT molecular complexity index is 275. The standard InChI is InChI=1S/C11H20N2O4/c12-5-7-1-3-8(4-2-7)10(15)13-6-9(14)11(16)17/h7-9,14H,1-6,12H2,(H,13,15)(H,16,17)/t7?,8?,9-/m0/s1. The third kappa shape index (κ3) is 4.32. The van der Waals surface area contributed by atoms with Crippen LogP contribution in [0.1, 0.15) is 25.7 Å². The Morgan fingerprint density at radius 2 is 1.88 bits per heavy atom. The number of aliphatic carboxylic acids is 1. The summed E-state index contributed by atoms with van der Waals surface area (Å²) in [7, 11) is 0. The van der Waals surface area contributed by atoms with Gasteiger partial charge in [0.1, 0.15) is 0 Å². The van der Waals surface area contributed by atoms with E-state index in [-0.39, 0.29) is 18.4 Å². The molecular formula is C11H20N2O4. The zero-order valence-corrected chi connectivity index (χ0v) is 9.76. The summed E-state index contributed by atoms with van der Waals surface area (Å²) < 4.78 is 0. The lowest BCUT2D eigenvalue weighted by Crippen LogP contribution is -2.40. The number of carboxylic acids is 1. The van der Waals surface area contributed by atoms with E-state index in [1.54, 1.807) is 0 Å². The van der Waals surface area contributed by atoms with E-state index in [4.69, 9.17) is 15.9 Å². The number of carboxylic acid groups (broad SMARTS) is 1. The summed E-state index contributed by atoms with van der Waals surface area (Å²) in [4.78, 5) is 22.0. The van der Waals surface area contributed by atoms with Gasteiger partial charge in [-0.2, -0.15) is 0 Å². The van der Waals surface area contributed by atoms with E-state index >= 15 is 0 Å². The van der Waals surface area contributed by atoms with Crippen molar-refractivity contribution in [3.63, 3.8) is 0 Å². The molecule has 0 saturated heterocycles. The minimum absolute atomic E-state index is 0.0706. The first-order valence-corrected chi connectivity index (χ1v) is 5.93. The Kier molecular flexibility index (Phi) is 5.37. The SMILES string of the molecule is NCC1CCC(C(=O)NC[C@H](O)C(=O)O)CC1. The summed E-state index contributed by atoms with van der Waals surface area (Å²) in [6.45, 7) is 0.428. The van der Waals surface area contributed by atoms with E-state index in [0.717, 1.165) is 25.7 Å². The summed E-state index contributed by atoms with van der Waals surface area (Å²) in [5, 5.41) is 19.9. The van der Waals surface area contributed by atoms with Gasteiger partial charge in [0.25, 0.3) is 0 Å². The molecule has 6 heteroatoms. The maximum absolute atomic E-state index is 11.7. The minimum Gasteiger partial charge on any atom is -0.479 e. The van der Waals surface area contributed by atoms with Crippen LogP contribution in [0.15, 0.2) is 0 Å². The van der Waals surface area contributed by atoms with Crippen LogP contribution in [0.25, 0.3) is 0 Å². The number of hydrogen-bond donors (Lipinski definition) is 4. The normalized spacial score (nSPS) is 26.2. The van der Waals surface area contributed by atoms with Gasteiger partial charge in [-0.15, -0.1) is 0 Å². The molecule has 0 heterocycles. The number of aliphatic hydroxyl groups is 1. The van der Waals surface area contributed by atoms with Crippen molar-refractivity contribution in [2.45, 2.75) is 31.8 Å². The molecule has 0 radical (unpaired) electrons. The maximum Gasteiger partial charge on any atom is 0.334 e. The molecule has 1 saturated carbocycles. The highest BCUT2D eigenvalue weighted by atomic mass is 16.4. The van der Waals surface area contributed by atoms with Gasteiger partial charge >= 0.3 is 5.97 Å². The van der Waals surface area contributed by atoms with E-state index in [1.807, 2.05) is 0 Å². The number of nitrogens with one attached hydrogen (secondary N) is 1. The van der Waals surface area contributed by atoms with Gasteiger partial charge in [-0.3, -0.25) is 4.79 Å². The van der Waals surface area contributed by atoms with Crippen molar-refractivity contribution >= 4 is 11.9 Å². The van der Waals surface area contributed by atoms with E-state index in [1.165, 1.54) is 0 Å². The largest absolute Gasteiger partial charge is 0.479 e. The molecule has 6 nitrogen and oxygen atoms in total. The highest BCUT2D eigenvalue weighted by Gasteiger charge is 2.26. The molecule has 0 aliphatic heterocycles. The second-order valence-corrected chi connectivity index (χ2v) is 4.55. The topological polar surface area (TPSA) is 113 Å². The molecule has 1 aliphatic rings. The quantitative estimate of drug-likeness (QED) is 0.511. The van der Waals surface area contributed by atoms with Crippen molar-refractivity contribution in [2.75, 3.05) is 13.1 Å². The van der Waals surface area contributed by atoms with Crippen LogP contribution in [0.2, 0.25) is 0 Å². The third-order valence-electron chi connectivity index (χ3n) is 3.31. The average molecular weight is 244 g/mol. The van der Waals surface area contributed by atoms with Crippen molar-refractivity contribution < 1.29 is 19.8 Å². The second kappa shape index (κ2) is 6.56. The average Bonchev–Trinajstić information content (AvgIpc) is 2.35. The van der Waals surface area contributed by atoms with Crippen LogP contribution in [0.5, 0.6) is 0 Å². The fraction of sp³-hybridized carbons (Fsp3) is 0.818. The van der Waals surface area contributed by atoms with Crippen LogP contribution >= 0.6 is 0 Å². The number of carbonyl (C=O) groups excluding carboxylic acids is 1. The van der Waals surface area contributed by atoms with E-state index in [9.17, 15) is 9.59 Å². The Hall–Kier alpha value is -1.14. The van der Waals surface area contributed by atoms with E-state index in [2.05, 4.69) is 5.32 Å². The number of nitrogens with two attached hydrogens (primary N) is 1. The van der Waals surface area contributed by atoms with Crippen LogP contribution < -0.4 is 11.1 Å². The molecule has 0 aromatic heterocycles. The summed E-state index contributed by atoms with van der Waals surface area (Å²) in [5.74, 6) is -1.06. The number of carbonyl (C=O) groups is 2. The molecule has 0 bridgehead atoms. The summed E-state index contributed by atoms with van der Waals surface area (Å²) in [6.07, 6.45) is 1.93. The molecule has 0 spiro atoms. The molecular weight excluding hydrogens is 224 g/mol. The Morgan fingerprint density at radius 3 is 2.35 bits per heavy atom.